The van der Waals surface area contributed by atoms with Gasteiger partial charge in [-0.05, 0) is 48.0 Å². The Hall–Kier alpha value is -0.0400. The van der Waals surface area contributed by atoms with Crippen molar-refractivity contribution in [3.05, 3.63) is 0 Å². The van der Waals surface area contributed by atoms with Crippen molar-refractivity contribution < 1.29 is 14.3 Å². The Kier molecular flexibility index (Phi) is 8.40. The fraction of sp³-hybridized carbons (Fsp3) is 0.933. The Morgan fingerprint density at radius 2 is 1.80 bits per heavy atom. The standard InChI is InChI=1S/C15H30INO3/c1-8-12(3)19-15(7,10-16)11-17(9-2)13(18)20-14(4,5)6/h12H,8-11H2,1-7H3. The number of nitrogens with zero attached hydrogens (tertiary/aromatic N) is 1. The van der Waals surface area contributed by atoms with Crippen molar-refractivity contribution in [2.45, 2.75) is 72.2 Å². The molecule has 2 atom stereocenters. The van der Waals surface area contributed by atoms with Crippen molar-refractivity contribution in [1.82, 2.24) is 4.90 Å². The molecule has 0 aromatic rings. The number of hydrogen-bond donors (Lipinski definition) is 0. The van der Waals surface area contributed by atoms with E-state index < -0.39 is 5.60 Å². The van der Waals surface area contributed by atoms with Crippen molar-refractivity contribution in [1.29, 1.82) is 0 Å². The van der Waals surface area contributed by atoms with E-state index in [2.05, 4.69) is 43.4 Å². The first kappa shape index (κ1) is 20.0. The zero-order valence-corrected chi connectivity index (χ0v) is 16.1. The molecule has 0 saturated carbocycles. The number of carbonyl (C=O) groups excluding carboxylic acids is 1. The number of ether oxygens (including phenoxy) is 2. The summed E-state index contributed by atoms with van der Waals surface area (Å²) in [4.78, 5) is 13.9. The van der Waals surface area contributed by atoms with Gasteiger partial charge in [-0.2, -0.15) is 0 Å². The van der Waals surface area contributed by atoms with E-state index in [9.17, 15) is 4.79 Å². The summed E-state index contributed by atoms with van der Waals surface area (Å²) in [7, 11) is 0. The van der Waals surface area contributed by atoms with E-state index in [1.165, 1.54) is 0 Å². The highest BCUT2D eigenvalue weighted by atomic mass is 127. The molecule has 1 amide bonds. The Morgan fingerprint density at radius 3 is 2.15 bits per heavy atom. The van der Waals surface area contributed by atoms with Gasteiger partial charge in [0.25, 0.3) is 0 Å². The molecule has 4 nitrogen and oxygen atoms in total. The highest BCUT2D eigenvalue weighted by molar-refractivity contribution is 14.1. The van der Waals surface area contributed by atoms with E-state index in [4.69, 9.17) is 9.47 Å². The quantitative estimate of drug-likeness (QED) is 0.475. The zero-order valence-electron chi connectivity index (χ0n) is 14.0. The lowest BCUT2D eigenvalue weighted by atomic mass is 10.1. The molecular formula is C15H30INO3. The summed E-state index contributed by atoms with van der Waals surface area (Å²) in [5, 5.41) is 0. The van der Waals surface area contributed by atoms with Gasteiger partial charge in [0.2, 0.25) is 0 Å². The second-order valence-electron chi connectivity index (χ2n) is 6.41. The minimum Gasteiger partial charge on any atom is -0.444 e. The number of halogens is 1. The van der Waals surface area contributed by atoms with E-state index >= 15 is 0 Å². The maximum Gasteiger partial charge on any atom is 0.410 e. The van der Waals surface area contributed by atoms with Crippen LogP contribution in [0.3, 0.4) is 0 Å². The summed E-state index contributed by atoms with van der Waals surface area (Å²) in [6.07, 6.45) is 0.876. The summed E-state index contributed by atoms with van der Waals surface area (Å²) in [5.74, 6) is 0. The molecule has 20 heavy (non-hydrogen) atoms. The van der Waals surface area contributed by atoms with Gasteiger partial charge < -0.3 is 14.4 Å². The van der Waals surface area contributed by atoms with Crippen LogP contribution < -0.4 is 0 Å². The van der Waals surface area contributed by atoms with Crippen molar-refractivity contribution in [2.75, 3.05) is 17.5 Å². The highest BCUT2D eigenvalue weighted by Gasteiger charge is 2.32. The van der Waals surface area contributed by atoms with Gasteiger partial charge in [0, 0.05) is 11.0 Å². The molecular weight excluding hydrogens is 369 g/mol. The molecule has 0 rings (SSSR count). The average Bonchev–Trinajstić information content (AvgIpc) is 2.33. The Morgan fingerprint density at radius 1 is 1.25 bits per heavy atom. The first-order chi connectivity index (χ1) is 9.06. The largest absolute Gasteiger partial charge is 0.444 e. The lowest BCUT2D eigenvalue weighted by Gasteiger charge is -2.36. The van der Waals surface area contributed by atoms with Crippen LogP contribution in [-0.4, -0.2) is 45.8 Å². The molecule has 2 unspecified atom stereocenters. The number of alkyl halides is 1. The summed E-state index contributed by atoms with van der Waals surface area (Å²) in [5.41, 5.74) is -0.814. The number of amides is 1. The molecule has 0 aliphatic carbocycles. The lowest BCUT2D eigenvalue weighted by Crippen LogP contribution is -2.49. The van der Waals surface area contributed by atoms with Gasteiger partial charge in [-0.3, -0.25) is 0 Å². The minimum absolute atomic E-state index is 0.187. The van der Waals surface area contributed by atoms with Crippen LogP contribution in [0, 0.1) is 0 Å². The van der Waals surface area contributed by atoms with Crippen molar-refractivity contribution in [3.8, 4) is 0 Å². The molecule has 0 heterocycles. The minimum atomic E-state index is -0.469. The molecule has 0 saturated heterocycles. The summed E-state index contributed by atoms with van der Waals surface area (Å²) in [6.45, 7) is 15.0. The highest BCUT2D eigenvalue weighted by Crippen LogP contribution is 2.21. The molecule has 0 aromatic carbocycles. The number of likely N-dealkylation sites (N-methyl/N-ethyl adjacent to an activating group) is 1. The van der Waals surface area contributed by atoms with Gasteiger partial charge in [-0.25, -0.2) is 4.79 Å². The number of rotatable bonds is 7. The SMILES string of the molecule is CCC(C)OC(C)(CI)CN(CC)C(=O)OC(C)(C)C. The third kappa shape index (κ3) is 7.67. The summed E-state index contributed by atoms with van der Waals surface area (Å²) in [6, 6.07) is 0. The van der Waals surface area contributed by atoms with Crippen LogP contribution >= 0.6 is 22.6 Å². The molecule has 0 radical (unpaired) electrons. The fourth-order valence-electron chi connectivity index (χ4n) is 1.72. The molecule has 0 aliphatic heterocycles. The molecule has 0 fully saturated rings. The Bertz CT molecular complexity index is 304. The first-order valence-electron chi connectivity index (χ1n) is 7.28. The topological polar surface area (TPSA) is 38.8 Å². The van der Waals surface area contributed by atoms with Gasteiger partial charge >= 0.3 is 6.09 Å². The van der Waals surface area contributed by atoms with Crippen molar-refractivity contribution >= 4 is 28.7 Å². The molecule has 0 spiro atoms. The van der Waals surface area contributed by atoms with Crippen LogP contribution in [-0.2, 0) is 9.47 Å². The first-order valence-corrected chi connectivity index (χ1v) is 8.81. The monoisotopic (exact) mass is 399 g/mol. The fourth-order valence-corrected chi connectivity index (χ4v) is 2.14. The third-order valence-electron chi connectivity index (χ3n) is 2.90. The van der Waals surface area contributed by atoms with Crippen molar-refractivity contribution in [2.24, 2.45) is 0 Å². The Balaban J connectivity index is 4.77. The summed E-state index contributed by atoms with van der Waals surface area (Å²) >= 11 is 2.31. The second-order valence-corrected chi connectivity index (χ2v) is 7.18. The molecule has 120 valence electrons. The van der Waals surface area contributed by atoms with Crippen LogP contribution in [0.4, 0.5) is 4.79 Å². The van der Waals surface area contributed by atoms with Gasteiger partial charge in [0.1, 0.15) is 5.60 Å². The van der Waals surface area contributed by atoms with Gasteiger partial charge in [0.15, 0.2) is 0 Å². The third-order valence-corrected chi connectivity index (χ3v) is 4.52. The van der Waals surface area contributed by atoms with E-state index in [1.807, 2.05) is 27.7 Å². The smallest absolute Gasteiger partial charge is 0.410 e. The predicted octanol–water partition coefficient (Wildman–Crippen LogP) is 4.25. The van der Waals surface area contributed by atoms with Crippen LogP contribution in [0.2, 0.25) is 0 Å². The van der Waals surface area contributed by atoms with E-state index in [0.717, 1.165) is 10.8 Å². The maximum absolute atomic E-state index is 12.2. The Labute approximate surface area is 137 Å². The van der Waals surface area contributed by atoms with Crippen LogP contribution in [0.5, 0.6) is 0 Å². The van der Waals surface area contributed by atoms with E-state index in [1.54, 1.807) is 4.90 Å². The second kappa shape index (κ2) is 8.41. The maximum atomic E-state index is 12.2. The van der Waals surface area contributed by atoms with Gasteiger partial charge in [-0.1, -0.05) is 29.5 Å². The van der Waals surface area contributed by atoms with E-state index in [0.29, 0.717) is 13.1 Å². The van der Waals surface area contributed by atoms with Gasteiger partial charge in [0.05, 0.1) is 18.2 Å². The summed E-state index contributed by atoms with van der Waals surface area (Å²) < 4.78 is 12.4. The van der Waals surface area contributed by atoms with Crippen LogP contribution in [0.25, 0.3) is 0 Å². The lowest BCUT2D eigenvalue weighted by molar-refractivity contribution is -0.0769. The van der Waals surface area contributed by atoms with Crippen LogP contribution in [0.15, 0.2) is 0 Å². The molecule has 0 N–H and O–H groups in total. The molecule has 0 aromatic heterocycles. The predicted molar refractivity (Wildman–Crippen MR) is 91.6 cm³/mol. The van der Waals surface area contributed by atoms with Crippen molar-refractivity contribution in [3.63, 3.8) is 0 Å². The average molecular weight is 399 g/mol. The molecule has 0 aliphatic rings. The molecule has 0 bridgehead atoms. The zero-order chi connectivity index (χ0) is 16.0. The van der Waals surface area contributed by atoms with E-state index in [-0.39, 0.29) is 17.8 Å². The van der Waals surface area contributed by atoms with Gasteiger partial charge in [-0.15, -0.1) is 0 Å². The number of hydrogen-bond acceptors (Lipinski definition) is 3. The normalized spacial score (nSPS) is 16.4. The number of carbonyl (C=O) groups is 1. The van der Waals surface area contributed by atoms with Crippen LogP contribution in [0.1, 0.15) is 54.9 Å². The molecule has 5 heteroatoms.